The lowest BCUT2D eigenvalue weighted by Crippen LogP contribution is -2.38. The number of benzene rings is 1. The molecule has 3 rings (SSSR count). The molecule has 1 aliphatic carbocycles. The average molecular weight is 389 g/mol. The van der Waals surface area contributed by atoms with E-state index in [4.69, 9.17) is 0 Å². The first-order valence-corrected chi connectivity index (χ1v) is 10.4. The van der Waals surface area contributed by atoms with Crippen LogP contribution >= 0.6 is 11.3 Å². The van der Waals surface area contributed by atoms with Gasteiger partial charge in [0.1, 0.15) is 0 Å². The first-order valence-electron chi connectivity index (χ1n) is 7.93. The van der Waals surface area contributed by atoms with E-state index in [1.54, 1.807) is 11.3 Å². The van der Waals surface area contributed by atoms with E-state index >= 15 is 0 Å². The van der Waals surface area contributed by atoms with Gasteiger partial charge >= 0.3 is 6.18 Å². The predicted molar refractivity (Wildman–Crippen MR) is 91.1 cm³/mol. The number of thiophene rings is 1. The van der Waals surface area contributed by atoms with E-state index in [0.29, 0.717) is 6.07 Å². The van der Waals surface area contributed by atoms with Crippen LogP contribution in [0, 0.1) is 0 Å². The molecule has 0 aliphatic heterocycles. The Morgan fingerprint density at radius 2 is 1.88 bits per heavy atom. The standard InChI is InChI=1S/C17H18F3NO2S2/c18-17(19,20)13-4-3-5-15(10-13)25(22,23)21-12-16(7-1-2-8-16)14-6-9-24-11-14/h3-6,9-11,21H,1-2,7-8,12H2. The Hall–Kier alpha value is -1.38. The molecule has 1 aromatic carbocycles. The maximum absolute atomic E-state index is 12.8. The number of alkyl halides is 3. The van der Waals surface area contributed by atoms with E-state index in [-0.39, 0.29) is 16.9 Å². The van der Waals surface area contributed by atoms with Gasteiger partial charge in [-0.2, -0.15) is 24.5 Å². The molecule has 0 bridgehead atoms. The lowest BCUT2D eigenvalue weighted by Gasteiger charge is -2.28. The molecule has 0 saturated heterocycles. The van der Waals surface area contributed by atoms with Gasteiger partial charge in [-0.1, -0.05) is 18.9 Å². The van der Waals surface area contributed by atoms with E-state index < -0.39 is 21.8 Å². The zero-order valence-electron chi connectivity index (χ0n) is 13.3. The second-order valence-corrected chi connectivity index (χ2v) is 8.90. The number of rotatable bonds is 5. The first-order chi connectivity index (χ1) is 11.7. The van der Waals surface area contributed by atoms with Crippen molar-refractivity contribution in [3.63, 3.8) is 0 Å². The van der Waals surface area contributed by atoms with Crippen molar-refractivity contribution in [2.45, 2.75) is 42.2 Å². The summed E-state index contributed by atoms with van der Waals surface area (Å²) in [4.78, 5) is -0.360. The molecular weight excluding hydrogens is 371 g/mol. The molecule has 1 aromatic heterocycles. The largest absolute Gasteiger partial charge is 0.416 e. The number of hydrogen-bond acceptors (Lipinski definition) is 3. The molecule has 0 radical (unpaired) electrons. The Labute approximate surface area is 148 Å². The number of nitrogens with one attached hydrogen (secondary N) is 1. The summed E-state index contributed by atoms with van der Waals surface area (Å²) in [6, 6.07) is 5.83. The van der Waals surface area contributed by atoms with Crippen LogP contribution in [0.3, 0.4) is 0 Å². The van der Waals surface area contributed by atoms with Gasteiger partial charge in [0.05, 0.1) is 10.5 Å². The third-order valence-electron chi connectivity index (χ3n) is 4.77. The van der Waals surface area contributed by atoms with Crippen molar-refractivity contribution in [3.8, 4) is 0 Å². The average Bonchev–Trinajstić information content (AvgIpc) is 3.25. The molecule has 1 fully saturated rings. The summed E-state index contributed by atoms with van der Waals surface area (Å²) in [5.74, 6) is 0. The highest BCUT2D eigenvalue weighted by molar-refractivity contribution is 7.89. The molecule has 1 saturated carbocycles. The highest BCUT2D eigenvalue weighted by Crippen LogP contribution is 2.41. The topological polar surface area (TPSA) is 46.2 Å². The van der Waals surface area contributed by atoms with Gasteiger partial charge in [0.15, 0.2) is 0 Å². The maximum atomic E-state index is 12.8. The Kier molecular flexibility index (Phi) is 4.96. The minimum Gasteiger partial charge on any atom is -0.210 e. The molecule has 1 heterocycles. The maximum Gasteiger partial charge on any atom is 0.416 e. The van der Waals surface area contributed by atoms with Crippen molar-refractivity contribution in [2.75, 3.05) is 6.54 Å². The van der Waals surface area contributed by atoms with Crippen LogP contribution in [0.2, 0.25) is 0 Å². The van der Waals surface area contributed by atoms with Crippen LogP contribution in [-0.4, -0.2) is 15.0 Å². The van der Waals surface area contributed by atoms with Crippen LogP contribution in [0.5, 0.6) is 0 Å². The monoisotopic (exact) mass is 389 g/mol. The van der Waals surface area contributed by atoms with Crippen molar-refractivity contribution >= 4 is 21.4 Å². The van der Waals surface area contributed by atoms with Gasteiger partial charge in [0, 0.05) is 12.0 Å². The van der Waals surface area contributed by atoms with Gasteiger partial charge < -0.3 is 0 Å². The summed E-state index contributed by atoms with van der Waals surface area (Å²) < 4.78 is 66.0. The molecule has 2 aromatic rings. The summed E-state index contributed by atoms with van der Waals surface area (Å²) in [6.45, 7) is 0.197. The molecule has 0 amide bonds. The molecule has 1 N–H and O–H groups in total. The molecule has 1 aliphatic rings. The van der Waals surface area contributed by atoms with Gasteiger partial charge in [0.25, 0.3) is 0 Å². The van der Waals surface area contributed by atoms with Crippen molar-refractivity contribution in [1.82, 2.24) is 4.72 Å². The van der Waals surface area contributed by atoms with E-state index in [9.17, 15) is 21.6 Å². The van der Waals surface area contributed by atoms with E-state index in [0.717, 1.165) is 43.4 Å². The van der Waals surface area contributed by atoms with Crippen molar-refractivity contribution in [3.05, 3.63) is 52.2 Å². The zero-order chi connectivity index (χ0) is 18.1. The number of hydrogen-bond donors (Lipinski definition) is 1. The van der Waals surface area contributed by atoms with Crippen LogP contribution in [0.1, 0.15) is 36.8 Å². The molecular formula is C17H18F3NO2S2. The Bertz CT molecular complexity index is 824. The van der Waals surface area contributed by atoms with Gasteiger partial charge in [0.2, 0.25) is 10.0 Å². The van der Waals surface area contributed by atoms with Crippen molar-refractivity contribution in [2.24, 2.45) is 0 Å². The first kappa shape index (κ1) is 18.4. The summed E-state index contributed by atoms with van der Waals surface area (Å²) in [6.07, 6.45) is -0.805. The van der Waals surface area contributed by atoms with Gasteiger partial charge in [-0.25, -0.2) is 13.1 Å². The van der Waals surface area contributed by atoms with Crippen molar-refractivity contribution in [1.29, 1.82) is 0 Å². The van der Waals surface area contributed by atoms with Gasteiger partial charge in [-0.05, 0) is 53.4 Å². The van der Waals surface area contributed by atoms with E-state index in [2.05, 4.69) is 4.72 Å². The summed E-state index contributed by atoms with van der Waals surface area (Å²) >= 11 is 1.56. The highest BCUT2D eigenvalue weighted by atomic mass is 32.2. The number of sulfonamides is 1. The van der Waals surface area contributed by atoms with E-state index in [1.807, 2.05) is 16.8 Å². The fourth-order valence-corrected chi connectivity index (χ4v) is 5.29. The molecule has 136 valence electrons. The fourth-order valence-electron chi connectivity index (χ4n) is 3.34. The van der Waals surface area contributed by atoms with Gasteiger partial charge in [-0.3, -0.25) is 0 Å². The van der Waals surface area contributed by atoms with Crippen molar-refractivity contribution < 1.29 is 21.6 Å². The second-order valence-electron chi connectivity index (χ2n) is 6.35. The Balaban J connectivity index is 1.82. The lowest BCUT2D eigenvalue weighted by molar-refractivity contribution is -0.137. The summed E-state index contributed by atoms with van der Waals surface area (Å²) in [5.41, 5.74) is -0.139. The molecule has 0 spiro atoms. The summed E-state index contributed by atoms with van der Waals surface area (Å²) in [7, 11) is -4.01. The Morgan fingerprint density at radius 1 is 1.16 bits per heavy atom. The van der Waals surface area contributed by atoms with Gasteiger partial charge in [-0.15, -0.1) is 0 Å². The third-order valence-corrected chi connectivity index (χ3v) is 6.85. The SMILES string of the molecule is O=S(=O)(NCC1(c2ccsc2)CCCC1)c1cccc(C(F)(F)F)c1. The van der Waals surface area contributed by atoms with Crippen LogP contribution in [0.15, 0.2) is 46.0 Å². The molecule has 8 heteroatoms. The van der Waals surface area contributed by atoms with Crippen LogP contribution < -0.4 is 4.72 Å². The number of halogens is 3. The zero-order valence-corrected chi connectivity index (χ0v) is 15.0. The molecule has 0 unspecified atom stereocenters. The highest BCUT2D eigenvalue weighted by Gasteiger charge is 2.37. The van der Waals surface area contributed by atoms with Crippen LogP contribution in [0.25, 0.3) is 0 Å². The summed E-state index contributed by atoms with van der Waals surface area (Å²) in [5, 5.41) is 3.97. The molecule has 0 atom stereocenters. The molecule has 25 heavy (non-hydrogen) atoms. The quantitative estimate of drug-likeness (QED) is 0.815. The Morgan fingerprint density at radius 3 is 2.48 bits per heavy atom. The van der Waals surface area contributed by atoms with E-state index in [1.165, 1.54) is 6.07 Å². The minimum atomic E-state index is -4.57. The smallest absolute Gasteiger partial charge is 0.210 e. The minimum absolute atomic E-state index is 0.197. The predicted octanol–water partition coefficient (Wildman–Crippen LogP) is 4.56. The fraction of sp³-hybridized carbons (Fsp3) is 0.412. The second kappa shape index (κ2) is 6.74. The van der Waals surface area contributed by atoms with Crippen LogP contribution in [-0.2, 0) is 21.6 Å². The third kappa shape index (κ3) is 3.91. The van der Waals surface area contributed by atoms with Crippen LogP contribution in [0.4, 0.5) is 13.2 Å². The molecule has 3 nitrogen and oxygen atoms in total. The lowest BCUT2D eigenvalue weighted by atomic mass is 9.81. The normalized spacial score (nSPS) is 17.7.